The Labute approximate surface area is 163 Å². The predicted octanol–water partition coefficient (Wildman–Crippen LogP) is 4.59. The molecule has 1 aromatic heterocycles. The number of hydrogen-bond acceptors (Lipinski definition) is 1. The molecule has 0 amide bonds. The molecular weight excluding hydrogens is 340 g/mol. The van der Waals surface area contributed by atoms with Crippen LogP contribution < -0.4 is 15.6 Å². The second-order valence-corrected chi connectivity index (χ2v) is 7.78. The SMILES string of the molecule is C1=CC2C3C(=c4c5ccccc5c(n42)=C1)N(c1ccccc1)c1ccccc13. The average molecular weight is 358 g/mol. The van der Waals surface area contributed by atoms with Crippen molar-refractivity contribution >= 4 is 33.9 Å². The van der Waals surface area contributed by atoms with Gasteiger partial charge in [0.2, 0.25) is 0 Å². The van der Waals surface area contributed by atoms with E-state index in [0.717, 1.165) is 0 Å². The Balaban J connectivity index is 1.70. The van der Waals surface area contributed by atoms with Gasteiger partial charge in [-0.3, -0.25) is 0 Å². The number of hydrogen-bond donors (Lipinski definition) is 0. The smallest absolute Gasteiger partial charge is 0.0706 e. The normalized spacial score (nSPS) is 20.9. The van der Waals surface area contributed by atoms with Crippen LogP contribution in [0.5, 0.6) is 0 Å². The van der Waals surface area contributed by atoms with E-state index in [9.17, 15) is 0 Å². The molecule has 4 aromatic rings. The fraction of sp³-hybridized carbons (Fsp3) is 0.0769. The Morgan fingerprint density at radius 1 is 0.714 bits per heavy atom. The first-order valence-corrected chi connectivity index (χ1v) is 9.89. The first-order valence-electron chi connectivity index (χ1n) is 9.89. The second kappa shape index (κ2) is 5.05. The molecule has 2 nitrogen and oxygen atoms in total. The van der Waals surface area contributed by atoms with Gasteiger partial charge in [-0.1, -0.05) is 72.8 Å². The first kappa shape index (κ1) is 14.5. The van der Waals surface area contributed by atoms with Crippen LogP contribution in [0.3, 0.4) is 0 Å². The molecule has 7 rings (SSSR count). The summed E-state index contributed by atoms with van der Waals surface area (Å²) in [6.45, 7) is 0. The van der Waals surface area contributed by atoms with Gasteiger partial charge in [-0.05, 0) is 29.8 Å². The zero-order valence-corrected chi connectivity index (χ0v) is 15.3. The van der Waals surface area contributed by atoms with E-state index in [1.807, 2.05) is 0 Å². The molecule has 2 heteroatoms. The largest absolute Gasteiger partial charge is 0.331 e. The molecule has 0 N–H and O–H groups in total. The molecule has 132 valence electrons. The maximum absolute atomic E-state index is 2.57. The lowest BCUT2D eigenvalue weighted by atomic mass is 9.91. The van der Waals surface area contributed by atoms with E-state index in [4.69, 9.17) is 0 Å². The molecule has 0 saturated carbocycles. The Morgan fingerprint density at radius 2 is 1.46 bits per heavy atom. The molecule has 3 aliphatic rings. The molecular formula is C26H18N2. The number of allylic oxidation sites excluding steroid dienone is 2. The van der Waals surface area contributed by atoms with Crippen molar-refractivity contribution < 1.29 is 0 Å². The number of rotatable bonds is 1. The fourth-order valence-electron chi connectivity index (χ4n) is 5.47. The lowest BCUT2D eigenvalue weighted by molar-refractivity contribution is 0.576. The predicted molar refractivity (Wildman–Crippen MR) is 115 cm³/mol. The third-order valence-corrected chi connectivity index (χ3v) is 6.47. The standard InChI is InChI=1S/C26H18N2/c1-2-9-17(10-3-1)27-22-14-7-6-13-20(22)24-23-16-8-15-21-18-11-4-5-12-19(18)25(26(24)27)28(21)23/h1-16,23-24H. The molecule has 3 aromatic carbocycles. The zero-order chi connectivity index (χ0) is 18.2. The van der Waals surface area contributed by atoms with E-state index in [1.165, 1.54) is 44.1 Å². The quantitative estimate of drug-likeness (QED) is 0.483. The summed E-state index contributed by atoms with van der Waals surface area (Å²) in [5, 5.41) is 5.42. The Hall–Kier alpha value is -3.52. The molecule has 2 unspecified atom stereocenters. The van der Waals surface area contributed by atoms with Gasteiger partial charge in [0.25, 0.3) is 0 Å². The number of benzene rings is 3. The third kappa shape index (κ3) is 1.60. The summed E-state index contributed by atoms with van der Waals surface area (Å²) in [4.78, 5) is 2.49. The molecule has 0 radical (unpaired) electrons. The van der Waals surface area contributed by atoms with Gasteiger partial charge in [-0.15, -0.1) is 0 Å². The van der Waals surface area contributed by atoms with E-state index in [0.29, 0.717) is 12.0 Å². The van der Waals surface area contributed by atoms with Crippen molar-refractivity contribution in [3.05, 3.63) is 107 Å². The van der Waals surface area contributed by atoms with E-state index in [1.54, 1.807) is 0 Å². The minimum atomic E-state index is 0.340. The number of aromatic nitrogens is 1. The van der Waals surface area contributed by atoms with Gasteiger partial charge in [-0.25, -0.2) is 0 Å². The summed E-state index contributed by atoms with van der Waals surface area (Å²) in [6.07, 6.45) is 6.88. The van der Waals surface area contributed by atoms with E-state index in [2.05, 4.69) is 107 Å². The number of anilines is 2. The Kier molecular flexibility index (Phi) is 2.62. The molecule has 3 aliphatic heterocycles. The highest BCUT2D eigenvalue weighted by molar-refractivity contribution is 5.97. The topological polar surface area (TPSA) is 8.17 Å². The minimum Gasteiger partial charge on any atom is -0.331 e. The molecule has 0 bridgehead atoms. The highest BCUT2D eigenvalue weighted by atomic mass is 15.2. The molecule has 2 atom stereocenters. The van der Waals surface area contributed by atoms with Crippen molar-refractivity contribution in [2.45, 2.75) is 12.0 Å². The van der Waals surface area contributed by atoms with Crippen molar-refractivity contribution in [2.24, 2.45) is 0 Å². The summed E-state index contributed by atoms with van der Waals surface area (Å²) < 4.78 is 2.57. The first-order chi connectivity index (χ1) is 13.9. The van der Waals surface area contributed by atoms with Crippen LogP contribution in [0.15, 0.2) is 91.0 Å². The fourth-order valence-corrected chi connectivity index (χ4v) is 5.47. The lowest BCUT2D eigenvalue weighted by Gasteiger charge is -2.22. The van der Waals surface area contributed by atoms with Crippen LogP contribution in [-0.2, 0) is 0 Å². The van der Waals surface area contributed by atoms with Gasteiger partial charge in [0, 0.05) is 27.5 Å². The van der Waals surface area contributed by atoms with Crippen molar-refractivity contribution in [1.82, 2.24) is 4.57 Å². The van der Waals surface area contributed by atoms with Crippen molar-refractivity contribution in [3.63, 3.8) is 0 Å². The van der Waals surface area contributed by atoms with E-state index in [-0.39, 0.29) is 0 Å². The summed E-state index contributed by atoms with van der Waals surface area (Å²) in [5.74, 6) is 0.361. The van der Waals surface area contributed by atoms with E-state index < -0.39 is 0 Å². The van der Waals surface area contributed by atoms with Gasteiger partial charge < -0.3 is 9.47 Å². The summed E-state index contributed by atoms with van der Waals surface area (Å²) in [7, 11) is 0. The van der Waals surface area contributed by atoms with Crippen molar-refractivity contribution in [2.75, 3.05) is 4.90 Å². The maximum Gasteiger partial charge on any atom is 0.0706 e. The van der Waals surface area contributed by atoms with Crippen LogP contribution >= 0.6 is 0 Å². The number of nitrogens with zero attached hydrogens (tertiary/aromatic N) is 2. The Bertz CT molecular complexity index is 1420. The molecule has 0 fully saturated rings. The van der Waals surface area contributed by atoms with Crippen molar-refractivity contribution in [1.29, 1.82) is 0 Å². The van der Waals surface area contributed by atoms with Crippen LogP contribution in [0.2, 0.25) is 0 Å². The molecule has 28 heavy (non-hydrogen) atoms. The van der Waals surface area contributed by atoms with Crippen LogP contribution in [0.25, 0.3) is 22.5 Å². The summed E-state index contributed by atoms with van der Waals surface area (Å²) in [5.41, 5.74) is 5.39. The van der Waals surface area contributed by atoms with Crippen LogP contribution in [0.1, 0.15) is 17.5 Å². The lowest BCUT2D eigenvalue weighted by Crippen LogP contribution is -2.29. The molecule has 4 heterocycles. The van der Waals surface area contributed by atoms with Gasteiger partial charge in [0.1, 0.15) is 0 Å². The third-order valence-electron chi connectivity index (χ3n) is 6.47. The summed E-state index contributed by atoms with van der Waals surface area (Å²) >= 11 is 0. The Morgan fingerprint density at radius 3 is 2.36 bits per heavy atom. The van der Waals surface area contributed by atoms with Crippen LogP contribution in [-0.4, -0.2) is 4.57 Å². The zero-order valence-electron chi connectivity index (χ0n) is 15.3. The van der Waals surface area contributed by atoms with Gasteiger partial charge >= 0.3 is 0 Å². The molecule has 0 saturated heterocycles. The number of para-hydroxylation sites is 2. The minimum absolute atomic E-state index is 0.340. The van der Waals surface area contributed by atoms with Gasteiger partial charge in [0.05, 0.1) is 23.0 Å². The highest BCUT2D eigenvalue weighted by Gasteiger charge is 2.45. The van der Waals surface area contributed by atoms with E-state index >= 15 is 0 Å². The molecule has 0 aliphatic carbocycles. The highest BCUT2D eigenvalue weighted by Crippen LogP contribution is 2.54. The monoisotopic (exact) mass is 358 g/mol. The summed E-state index contributed by atoms with van der Waals surface area (Å²) in [6, 6.07) is 28.9. The van der Waals surface area contributed by atoms with Crippen molar-refractivity contribution in [3.8, 4) is 0 Å². The van der Waals surface area contributed by atoms with Gasteiger partial charge in [-0.2, -0.15) is 0 Å². The van der Waals surface area contributed by atoms with Crippen LogP contribution in [0, 0.1) is 0 Å². The maximum atomic E-state index is 2.57. The average Bonchev–Trinajstić information content (AvgIpc) is 3.38. The van der Waals surface area contributed by atoms with Crippen LogP contribution in [0.4, 0.5) is 11.4 Å². The van der Waals surface area contributed by atoms with Gasteiger partial charge in [0.15, 0.2) is 0 Å². The second-order valence-electron chi connectivity index (χ2n) is 7.78. The number of fused-ring (bicyclic) bond motifs is 7. The molecule has 0 spiro atoms.